The Bertz CT molecular complexity index is 398. The number of rotatable bonds is 5. The van der Waals surface area contributed by atoms with Gasteiger partial charge in [0.25, 0.3) is 0 Å². The number of hydrogen-bond acceptors (Lipinski definition) is 2. The van der Waals surface area contributed by atoms with Crippen molar-refractivity contribution in [1.29, 1.82) is 0 Å². The van der Waals surface area contributed by atoms with Gasteiger partial charge in [-0.3, -0.25) is 4.79 Å². The van der Waals surface area contributed by atoms with Gasteiger partial charge in [-0.1, -0.05) is 31.0 Å². The molecule has 5 heteroatoms. The van der Waals surface area contributed by atoms with Crippen LogP contribution in [0.2, 0.25) is 5.02 Å². The molecule has 94 valence electrons. The normalized spacial score (nSPS) is 12.2. The molecule has 1 aromatic rings. The number of nitrogens with one attached hydrogen (secondary N) is 1. The van der Waals surface area contributed by atoms with E-state index in [4.69, 9.17) is 17.3 Å². The average Bonchev–Trinajstić information content (AvgIpc) is 2.31. The van der Waals surface area contributed by atoms with E-state index in [1.54, 1.807) is 18.2 Å². The molecule has 0 fully saturated rings. The van der Waals surface area contributed by atoms with Crippen LogP contribution in [0.4, 0.5) is 5.69 Å². The Kier molecular flexibility index (Phi) is 5.95. The largest absolute Gasteiger partial charge is 0.330 e. The molecule has 3 nitrogen and oxygen atoms in total. The number of carbonyl (C=O) groups excluding carboxylic acids is 1. The lowest BCUT2D eigenvalue weighted by molar-refractivity contribution is -0.119. The van der Waals surface area contributed by atoms with E-state index in [0.717, 1.165) is 12.8 Å². The lowest BCUT2D eigenvalue weighted by Crippen LogP contribution is -2.29. The van der Waals surface area contributed by atoms with Gasteiger partial charge >= 0.3 is 0 Å². The fourth-order valence-corrected chi connectivity index (χ4v) is 2.08. The van der Waals surface area contributed by atoms with Gasteiger partial charge in [-0.05, 0) is 34.5 Å². The van der Waals surface area contributed by atoms with Crippen molar-refractivity contribution >= 4 is 39.1 Å². The first kappa shape index (κ1) is 14.5. The second-order valence-electron chi connectivity index (χ2n) is 3.81. The number of anilines is 1. The Hall–Kier alpha value is -0.580. The van der Waals surface area contributed by atoms with Gasteiger partial charge in [-0.2, -0.15) is 0 Å². The number of halogens is 2. The summed E-state index contributed by atoms with van der Waals surface area (Å²) in [5, 5.41) is 3.41. The van der Waals surface area contributed by atoms with Crippen LogP contribution < -0.4 is 11.1 Å². The molecule has 0 aliphatic rings. The van der Waals surface area contributed by atoms with E-state index in [1.807, 2.05) is 6.92 Å². The van der Waals surface area contributed by atoms with Crippen LogP contribution in [0, 0.1) is 5.92 Å². The minimum absolute atomic E-state index is 0.0580. The molecule has 1 rings (SSSR count). The molecule has 1 atom stereocenters. The van der Waals surface area contributed by atoms with E-state index in [0.29, 0.717) is 21.7 Å². The van der Waals surface area contributed by atoms with Crippen molar-refractivity contribution in [3.8, 4) is 0 Å². The fourth-order valence-electron chi connectivity index (χ4n) is 1.54. The molecule has 0 spiro atoms. The highest BCUT2D eigenvalue weighted by Crippen LogP contribution is 2.30. The van der Waals surface area contributed by atoms with Crippen LogP contribution in [0.1, 0.15) is 19.8 Å². The van der Waals surface area contributed by atoms with Crippen molar-refractivity contribution in [2.45, 2.75) is 19.8 Å². The summed E-state index contributed by atoms with van der Waals surface area (Å²) < 4.78 is 0.697. The van der Waals surface area contributed by atoms with Crippen molar-refractivity contribution < 1.29 is 4.79 Å². The van der Waals surface area contributed by atoms with Crippen molar-refractivity contribution in [1.82, 2.24) is 0 Å². The Morgan fingerprint density at radius 2 is 2.29 bits per heavy atom. The zero-order valence-electron chi connectivity index (χ0n) is 9.67. The van der Waals surface area contributed by atoms with Gasteiger partial charge in [0.05, 0.1) is 21.1 Å². The topological polar surface area (TPSA) is 55.1 Å². The van der Waals surface area contributed by atoms with Gasteiger partial charge in [-0.25, -0.2) is 0 Å². The maximum atomic E-state index is 11.9. The minimum Gasteiger partial charge on any atom is -0.330 e. The van der Waals surface area contributed by atoms with Crippen LogP contribution in [0.15, 0.2) is 22.7 Å². The second-order valence-corrected chi connectivity index (χ2v) is 5.01. The van der Waals surface area contributed by atoms with Gasteiger partial charge in [0, 0.05) is 6.54 Å². The zero-order chi connectivity index (χ0) is 12.8. The summed E-state index contributed by atoms with van der Waals surface area (Å²) in [7, 11) is 0. The molecule has 0 saturated heterocycles. The van der Waals surface area contributed by atoms with Gasteiger partial charge in [0.2, 0.25) is 5.91 Å². The summed E-state index contributed by atoms with van der Waals surface area (Å²) in [4.78, 5) is 11.9. The second kappa shape index (κ2) is 6.99. The van der Waals surface area contributed by atoms with E-state index in [2.05, 4.69) is 21.2 Å². The first-order chi connectivity index (χ1) is 8.10. The molecule has 0 heterocycles. The molecule has 0 aliphatic heterocycles. The summed E-state index contributed by atoms with van der Waals surface area (Å²) >= 11 is 9.29. The number of nitrogens with two attached hydrogens (primary N) is 1. The SMILES string of the molecule is CCCC(CN)C(=O)Nc1cccc(Cl)c1Br. The molecule has 0 saturated carbocycles. The van der Waals surface area contributed by atoms with Crippen LogP contribution >= 0.6 is 27.5 Å². The van der Waals surface area contributed by atoms with Crippen molar-refractivity contribution in [3.05, 3.63) is 27.7 Å². The summed E-state index contributed by atoms with van der Waals surface area (Å²) in [5.74, 6) is -0.205. The molecule has 1 amide bonds. The highest BCUT2D eigenvalue weighted by molar-refractivity contribution is 9.10. The van der Waals surface area contributed by atoms with E-state index in [9.17, 15) is 4.79 Å². The monoisotopic (exact) mass is 318 g/mol. The molecule has 1 aromatic carbocycles. The predicted octanol–water partition coefficient (Wildman–Crippen LogP) is 3.42. The molecule has 17 heavy (non-hydrogen) atoms. The number of benzene rings is 1. The van der Waals surface area contributed by atoms with Crippen LogP contribution in [-0.4, -0.2) is 12.5 Å². The molecule has 1 unspecified atom stereocenters. The molecule has 0 bridgehead atoms. The van der Waals surface area contributed by atoms with Gasteiger partial charge in [0.1, 0.15) is 0 Å². The smallest absolute Gasteiger partial charge is 0.228 e. The summed E-state index contributed by atoms with van der Waals surface area (Å²) in [5.41, 5.74) is 6.26. The molecule has 3 N–H and O–H groups in total. The van der Waals surface area contributed by atoms with Crippen molar-refractivity contribution in [2.75, 3.05) is 11.9 Å². The third-order valence-corrected chi connectivity index (χ3v) is 3.90. The van der Waals surface area contributed by atoms with Crippen molar-refractivity contribution in [2.24, 2.45) is 11.7 Å². The van der Waals surface area contributed by atoms with Gasteiger partial charge < -0.3 is 11.1 Å². The molecule has 0 radical (unpaired) electrons. The summed E-state index contributed by atoms with van der Waals surface area (Å²) in [6, 6.07) is 5.35. The maximum absolute atomic E-state index is 11.9. The zero-order valence-corrected chi connectivity index (χ0v) is 12.0. The number of carbonyl (C=O) groups is 1. The van der Waals surface area contributed by atoms with E-state index >= 15 is 0 Å². The molecule has 0 aromatic heterocycles. The highest BCUT2D eigenvalue weighted by atomic mass is 79.9. The van der Waals surface area contributed by atoms with Crippen molar-refractivity contribution in [3.63, 3.8) is 0 Å². The Morgan fingerprint density at radius 3 is 2.88 bits per heavy atom. The third kappa shape index (κ3) is 3.98. The lowest BCUT2D eigenvalue weighted by atomic mass is 10.0. The molecular formula is C12H16BrClN2O. The maximum Gasteiger partial charge on any atom is 0.228 e. The molecule has 0 aliphatic carbocycles. The predicted molar refractivity (Wildman–Crippen MR) is 75.2 cm³/mol. The van der Waals surface area contributed by atoms with Crippen LogP contribution in [-0.2, 0) is 4.79 Å². The number of amides is 1. The quantitative estimate of drug-likeness (QED) is 0.873. The van der Waals surface area contributed by atoms with E-state index < -0.39 is 0 Å². The van der Waals surface area contributed by atoms with Crippen LogP contribution in [0.3, 0.4) is 0 Å². The van der Waals surface area contributed by atoms with Crippen LogP contribution in [0.5, 0.6) is 0 Å². The Balaban J connectivity index is 2.76. The average molecular weight is 320 g/mol. The van der Waals surface area contributed by atoms with E-state index in [-0.39, 0.29) is 11.8 Å². The minimum atomic E-state index is -0.147. The van der Waals surface area contributed by atoms with Gasteiger partial charge in [-0.15, -0.1) is 0 Å². The van der Waals surface area contributed by atoms with Gasteiger partial charge in [0.15, 0.2) is 0 Å². The molecular weight excluding hydrogens is 304 g/mol. The van der Waals surface area contributed by atoms with E-state index in [1.165, 1.54) is 0 Å². The number of hydrogen-bond donors (Lipinski definition) is 2. The first-order valence-electron chi connectivity index (χ1n) is 5.55. The Morgan fingerprint density at radius 1 is 1.59 bits per heavy atom. The standard InChI is InChI=1S/C12H16BrClN2O/c1-2-4-8(7-15)12(17)16-10-6-3-5-9(14)11(10)13/h3,5-6,8H,2,4,7,15H2,1H3,(H,16,17). The summed E-state index contributed by atoms with van der Waals surface area (Å²) in [6.07, 6.45) is 1.73. The first-order valence-corrected chi connectivity index (χ1v) is 6.72. The lowest BCUT2D eigenvalue weighted by Gasteiger charge is -2.15. The van der Waals surface area contributed by atoms with Crippen LogP contribution in [0.25, 0.3) is 0 Å². The summed E-state index contributed by atoms with van der Waals surface area (Å²) in [6.45, 7) is 2.39. The Labute approximate surface area is 115 Å². The third-order valence-electron chi connectivity index (χ3n) is 2.50. The highest BCUT2D eigenvalue weighted by Gasteiger charge is 2.17. The fraction of sp³-hybridized carbons (Fsp3) is 0.417.